The molecule has 184 valence electrons. The molecule has 0 aliphatic carbocycles. The third kappa shape index (κ3) is 25.2. The lowest BCUT2D eigenvalue weighted by molar-refractivity contribution is -0.140. The zero-order valence-corrected chi connectivity index (χ0v) is 20.6. The summed E-state index contributed by atoms with van der Waals surface area (Å²) in [6.45, 7) is 11.1. The van der Waals surface area contributed by atoms with Crippen LogP contribution in [0.4, 0.5) is 0 Å². The maximum atomic E-state index is 11.2. The van der Waals surface area contributed by atoms with E-state index >= 15 is 0 Å². The van der Waals surface area contributed by atoms with Crippen LogP contribution in [0, 0.1) is 0 Å². The summed E-state index contributed by atoms with van der Waals surface area (Å²) in [5.74, 6) is -0.379. The minimum absolute atomic E-state index is 0.244. The first-order valence-electron chi connectivity index (χ1n) is 12.7. The molecular formula is C26H50O5. The van der Waals surface area contributed by atoms with Gasteiger partial charge in [-0.25, -0.2) is 4.79 Å². The van der Waals surface area contributed by atoms with Crippen molar-refractivity contribution in [1.29, 1.82) is 0 Å². The van der Waals surface area contributed by atoms with Gasteiger partial charge in [0.2, 0.25) is 0 Å². The van der Waals surface area contributed by atoms with Crippen LogP contribution in [0.15, 0.2) is 12.2 Å². The summed E-state index contributed by atoms with van der Waals surface area (Å²) >= 11 is 0. The Morgan fingerprint density at radius 3 is 1.32 bits per heavy atom. The lowest BCUT2D eigenvalue weighted by Gasteiger charge is -2.07. The van der Waals surface area contributed by atoms with Crippen LogP contribution in [-0.4, -0.2) is 52.2 Å². The molecule has 0 heterocycles. The molecule has 31 heavy (non-hydrogen) atoms. The van der Waals surface area contributed by atoms with E-state index in [0.717, 1.165) is 13.0 Å². The van der Waals surface area contributed by atoms with Crippen molar-refractivity contribution in [3.63, 3.8) is 0 Å². The largest absolute Gasteiger partial charge is 0.460 e. The summed E-state index contributed by atoms with van der Waals surface area (Å²) in [7, 11) is 0. The zero-order chi connectivity index (χ0) is 22.8. The van der Waals surface area contributed by atoms with E-state index in [1.54, 1.807) is 6.92 Å². The van der Waals surface area contributed by atoms with Crippen molar-refractivity contribution in [1.82, 2.24) is 0 Å². The molecule has 0 saturated heterocycles. The maximum absolute atomic E-state index is 11.2. The van der Waals surface area contributed by atoms with Crippen molar-refractivity contribution in [2.45, 2.75) is 104 Å². The van der Waals surface area contributed by atoms with E-state index in [0.29, 0.717) is 38.6 Å². The number of ether oxygens (including phenoxy) is 4. The van der Waals surface area contributed by atoms with Crippen LogP contribution in [0.2, 0.25) is 0 Å². The van der Waals surface area contributed by atoms with Crippen LogP contribution in [0.5, 0.6) is 0 Å². The predicted octanol–water partition coefficient (Wildman–Crippen LogP) is 6.64. The maximum Gasteiger partial charge on any atom is 0.333 e. The van der Waals surface area contributed by atoms with Gasteiger partial charge in [-0.3, -0.25) is 0 Å². The third-order valence-electron chi connectivity index (χ3n) is 5.20. The highest BCUT2D eigenvalue weighted by molar-refractivity contribution is 5.86. The minimum Gasteiger partial charge on any atom is -0.460 e. The van der Waals surface area contributed by atoms with Crippen molar-refractivity contribution in [2.75, 3.05) is 46.2 Å². The fourth-order valence-corrected chi connectivity index (χ4v) is 3.26. The molecule has 0 bridgehead atoms. The van der Waals surface area contributed by atoms with Gasteiger partial charge in [0.25, 0.3) is 0 Å². The molecule has 0 rings (SSSR count). The topological polar surface area (TPSA) is 54.0 Å². The Labute approximate surface area is 192 Å². The Morgan fingerprint density at radius 1 is 0.548 bits per heavy atom. The summed E-state index contributed by atoms with van der Waals surface area (Å²) in [4.78, 5) is 11.2. The van der Waals surface area contributed by atoms with E-state index in [-0.39, 0.29) is 12.6 Å². The third-order valence-corrected chi connectivity index (χ3v) is 5.20. The molecule has 0 aromatic heterocycles. The lowest BCUT2D eigenvalue weighted by Crippen LogP contribution is -2.14. The molecule has 0 fully saturated rings. The molecule has 0 atom stereocenters. The quantitative estimate of drug-likeness (QED) is 0.0901. The van der Waals surface area contributed by atoms with Crippen LogP contribution >= 0.6 is 0 Å². The second kappa shape index (κ2) is 25.4. The Balaban J connectivity index is 3.05. The van der Waals surface area contributed by atoms with Crippen molar-refractivity contribution >= 4 is 5.97 Å². The van der Waals surface area contributed by atoms with Gasteiger partial charge in [-0.1, -0.05) is 97.0 Å². The summed E-state index contributed by atoms with van der Waals surface area (Å²) in [6.07, 6.45) is 19.3. The summed E-state index contributed by atoms with van der Waals surface area (Å²) in [5.41, 5.74) is 0.400. The molecule has 0 amide bonds. The fourth-order valence-electron chi connectivity index (χ4n) is 3.26. The van der Waals surface area contributed by atoms with E-state index in [9.17, 15) is 4.79 Å². The van der Waals surface area contributed by atoms with Gasteiger partial charge in [-0.05, 0) is 13.3 Å². The number of esters is 1. The first kappa shape index (κ1) is 30.1. The summed E-state index contributed by atoms with van der Waals surface area (Å²) < 4.78 is 21.3. The molecule has 0 aliphatic heterocycles. The molecule has 0 aromatic carbocycles. The number of carbonyl (C=O) groups excluding carboxylic acids is 1. The van der Waals surface area contributed by atoms with Gasteiger partial charge >= 0.3 is 5.97 Å². The van der Waals surface area contributed by atoms with E-state index in [4.69, 9.17) is 18.9 Å². The van der Waals surface area contributed by atoms with Crippen LogP contribution in [-0.2, 0) is 23.7 Å². The average Bonchev–Trinajstić information content (AvgIpc) is 2.76. The molecule has 0 aliphatic rings. The highest BCUT2D eigenvalue weighted by Crippen LogP contribution is 2.12. The van der Waals surface area contributed by atoms with Crippen molar-refractivity contribution in [3.8, 4) is 0 Å². The van der Waals surface area contributed by atoms with Gasteiger partial charge in [0.15, 0.2) is 0 Å². The molecule has 0 spiro atoms. The van der Waals surface area contributed by atoms with Gasteiger partial charge in [-0.15, -0.1) is 0 Å². The Bertz CT molecular complexity index is 397. The van der Waals surface area contributed by atoms with E-state index in [1.807, 2.05) is 0 Å². The number of unbranched alkanes of at least 4 members (excludes halogenated alkanes) is 13. The Morgan fingerprint density at radius 2 is 0.903 bits per heavy atom. The van der Waals surface area contributed by atoms with E-state index in [2.05, 4.69) is 13.5 Å². The molecule has 0 unspecified atom stereocenters. The SMILES string of the molecule is C=C(C)C(=O)OCCOCCOCCOCCCCCCCCCCCCCCCC. The Hall–Kier alpha value is -0.910. The van der Waals surface area contributed by atoms with Crippen molar-refractivity contribution < 1.29 is 23.7 Å². The van der Waals surface area contributed by atoms with Gasteiger partial charge in [0.05, 0.1) is 33.0 Å². The predicted molar refractivity (Wildman–Crippen MR) is 129 cm³/mol. The van der Waals surface area contributed by atoms with Crippen molar-refractivity contribution in [3.05, 3.63) is 12.2 Å². The molecule has 5 nitrogen and oxygen atoms in total. The van der Waals surface area contributed by atoms with Crippen LogP contribution < -0.4 is 0 Å². The normalized spacial score (nSPS) is 11.0. The molecule has 0 saturated carbocycles. The highest BCUT2D eigenvalue weighted by Gasteiger charge is 2.01. The smallest absolute Gasteiger partial charge is 0.333 e. The summed E-state index contributed by atoms with van der Waals surface area (Å²) in [6, 6.07) is 0. The zero-order valence-electron chi connectivity index (χ0n) is 20.6. The second-order valence-corrected chi connectivity index (χ2v) is 8.35. The summed E-state index contributed by atoms with van der Waals surface area (Å²) in [5, 5.41) is 0. The molecule has 0 radical (unpaired) electrons. The molecule has 0 N–H and O–H groups in total. The van der Waals surface area contributed by atoms with Gasteiger partial charge in [0.1, 0.15) is 6.61 Å². The first-order valence-corrected chi connectivity index (χ1v) is 12.7. The van der Waals surface area contributed by atoms with Gasteiger partial charge in [0, 0.05) is 12.2 Å². The minimum atomic E-state index is -0.379. The number of hydrogen-bond acceptors (Lipinski definition) is 5. The number of carbonyl (C=O) groups is 1. The standard InChI is InChI=1S/C26H50O5/c1-4-5-6-7-8-9-10-11-12-13-14-15-16-17-18-28-19-20-29-21-22-30-23-24-31-26(27)25(2)3/h2,4-24H2,1,3H3. The van der Waals surface area contributed by atoms with Crippen molar-refractivity contribution in [2.24, 2.45) is 0 Å². The first-order chi connectivity index (χ1) is 15.2. The van der Waals surface area contributed by atoms with Crippen LogP contribution in [0.3, 0.4) is 0 Å². The van der Waals surface area contributed by atoms with E-state index < -0.39 is 0 Å². The van der Waals surface area contributed by atoms with Crippen LogP contribution in [0.1, 0.15) is 104 Å². The molecule has 0 aromatic rings. The Kier molecular flexibility index (Phi) is 24.6. The number of rotatable bonds is 25. The molecular weight excluding hydrogens is 392 g/mol. The van der Waals surface area contributed by atoms with Gasteiger partial charge < -0.3 is 18.9 Å². The highest BCUT2D eigenvalue weighted by atomic mass is 16.6. The fraction of sp³-hybridized carbons (Fsp3) is 0.885. The molecule has 5 heteroatoms. The number of hydrogen-bond donors (Lipinski definition) is 0. The lowest BCUT2D eigenvalue weighted by atomic mass is 10.0. The van der Waals surface area contributed by atoms with Crippen LogP contribution in [0.25, 0.3) is 0 Å². The van der Waals surface area contributed by atoms with E-state index in [1.165, 1.54) is 83.5 Å². The second-order valence-electron chi connectivity index (χ2n) is 8.35. The monoisotopic (exact) mass is 442 g/mol. The van der Waals surface area contributed by atoms with Gasteiger partial charge in [-0.2, -0.15) is 0 Å². The average molecular weight is 443 g/mol.